The molecule has 1 heterocycles. The summed E-state index contributed by atoms with van der Waals surface area (Å²) in [7, 11) is 0. The molecule has 4 N–H and O–H groups in total. The molecule has 24 heavy (non-hydrogen) atoms. The van der Waals surface area contributed by atoms with E-state index in [1.165, 1.54) is 30.1 Å². The summed E-state index contributed by atoms with van der Waals surface area (Å²) in [5.74, 6) is -0.0674. The summed E-state index contributed by atoms with van der Waals surface area (Å²) in [6.07, 6.45) is 1.93. The Kier molecular flexibility index (Phi) is 6.97. The van der Waals surface area contributed by atoms with E-state index < -0.39 is 5.82 Å². The highest BCUT2D eigenvalue weighted by atomic mass is 79.9. The van der Waals surface area contributed by atoms with Gasteiger partial charge in [0.25, 0.3) is 0 Å². The summed E-state index contributed by atoms with van der Waals surface area (Å²) >= 11 is 4.59. The molecule has 1 aromatic carbocycles. The van der Waals surface area contributed by atoms with Crippen LogP contribution in [0.4, 0.5) is 15.9 Å². The molecule has 0 aliphatic carbocycles. The molecule has 0 radical (unpaired) electrons. The van der Waals surface area contributed by atoms with Crippen molar-refractivity contribution < 1.29 is 14.2 Å². The molecule has 11 heteroatoms. The zero-order valence-electron chi connectivity index (χ0n) is 12.9. The normalized spacial score (nSPS) is 13.0. The van der Waals surface area contributed by atoms with Gasteiger partial charge in [-0.05, 0) is 57.6 Å². The third kappa shape index (κ3) is 4.90. The van der Waals surface area contributed by atoms with Crippen molar-refractivity contribution in [3.05, 3.63) is 34.2 Å². The van der Waals surface area contributed by atoms with E-state index in [4.69, 9.17) is 4.63 Å². The first-order chi connectivity index (χ1) is 11.5. The van der Waals surface area contributed by atoms with Gasteiger partial charge in [0.1, 0.15) is 5.82 Å². The summed E-state index contributed by atoms with van der Waals surface area (Å²) < 4.78 is 21.4. The molecule has 130 valence electrons. The minimum Gasteiger partial charge on any atom is -0.364 e. The zero-order valence-corrected chi connectivity index (χ0v) is 15.3. The van der Waals surface area contributed by atoms with E-state index in [0.29, 0.717) is 18.1 Å². The van der Waals surface area contributed by atoms with E-state index in [1.54, 1.807) is 0 Å². The van der Waals surface area contributed by atoms with Crippen LogP contribution in [-0.2, 0) is 0 Å². The Balaban J connectivity index is 2.20. The smallest absolute Gasteiger partial charge is 0.202 e. The number of aromatic nitrogens is 2. The van der Waals surface area contributed by atoms with Gasteiger partial charge in [-0.3, -0.25) is 15.4 Å². The third-order valence-corrected chi connectivity index (χ3v) is 4.10. The lowest BCUT2D eigenvalue weighted by molar-refractivity contribution is 0.234. The molecule has 0 bridgehead atoms. The number of aliphatic imine (C=N–C) groups is 1. The molecular weight excluding hydrogens is 403 g/mol. The average molecular weight is 419 g/mol. The Bertz CT molecular complexity index is 714. The maximum atomic E-state index is 13.3. The first kappa shape index (κ1) is 18.6. The Hall–Kier alpha value is -1.69. The molecule has 0 amide bonds. The molecule has 1 atom stereocenters. The molecule has 0 aliphatic rings. The van der Waals surface area contributed by atoms with E-state index in [0.717, 1.165) is 0 Å². The molecule has 8 nitrogen and oxygen atoms in total. The molecule has 2 aromatic rings. The lowest BCUT2D eigenvalue weighted by atomic mass is 10.3. The van der Waals surface area contributed by atoms with Gasteiger partial charge in [0, 0.05) is 12.6 Å². The van der Waals surface area contributed by atoms with E-state index in [2.05, 4.69) is 41.3 Å². The van der Waals surface area contributed by atoms with E-state index in [9.17, 15) is 9.60 Å². The highest BCUT2D eigenvalue weighted by Gasteiger charge is 2.17. The number of benzene rings is 1. The number of hydrogen-bond donors (Lipinski definition) is 4. The van der Waals surface area contributed by atoms with Gasteiger partial charge in [-0.15, -0.1) is 0 Å². The molecule has 0 saturated heterocycles. The van der Waals surface area contributed by atoms with Gasteiger partial charge in [0.2, 0.25) is 5.82 Å². The molecule has 0 spiro atoms. The molecule has 1 unspecified atom stereocenters. The van der Waals surface area contributed by atoms with Gasteiger partial charge in [0.15, 0.2) is 11.5 Å². The number of nitrogens with one attached hydrogen (secondary N) is 3. The van der Waals surface area contributed by atoms with E-state index >= 15 is 0 Å². The lowest BCUT2D eigenvalue weighted by Gasteiger charge is -2.12. The maximum absolute atomic E-state index is 13.3. The van der Waals surface area contributed by atoms with Crippen LogP contribution in [0.25, 0.3) is 0 Å². The zero-order chi connectivity index (χ0) is 17.5. The fourth-order valence-corrected chi connectivity index (χ4v) is 2.62. The predicted octanol–water partition coefficient (Wildman–Crippen LogP) is 2.70. The minimum absolute atomic E-state index is 0.0164. The van der Waals surface area contributed by atoms with Gasteiger partial charge in [-0.1, -0.05) is 11.9 Å². The largest absolute Gasteiger partial charge is 0.364 e. The highest BCUT2D eigenvalue weighted by Crippen LogP contribution is 2.23. The van der Waals surface area contributed by atoms with Crippen molar-refractivity contribution in [2.45, 2.75) is 13.0 Å². The van der Waals surface area contributed by atoms with Crippen LogP contribution in [0.1, 0.15) is 12.6 Å². The van der Waals surface area contributed by atoms with Crippen LogP contribution in [0.5, 0.6) is 0 Å². The van der Waals surface area contributed by atoms with Crippen molar-refractivity contribution in [1.29, 1.82) is 0 Å². The van der Waals surface area contributed by atoms with Crippen LogP contribution in [0, 0.1) is 5.82 Å². The van der Waals surface area contributed by atoms with Gasteiger partial charge in [0.05, 0.1) is 10.2 Å². The number of nitrogens with zero attached hydrogens (tertiary/aromatic N) is 3. The Morgan fingerprint density at radius 3 is 2.96 bits per heavy atom. The second kappa shape index (κ2) is 8.97. The summed E-state index contributed by atoms with van der Waals surface area (Å²) in [6, 6.07) is 4.36. The highest BCUT2D eigenvalue weighted by molar-refractivity contribution is 9.10. The summed E-state index contributed by atoms with van der Waals surface area (Å²) in [4.78, 5) is 4.18. The second-order valence-electron chi connectivity index (χ2n) is 4.74. The van der Waals surface area contributed by atoms with Crippen LogP contribution in [-0.4, -0.2) is 40.2 Å². The average Bonchev–Trinajstić information content (AvgIpc) is 3.02. The standard InChI is InChI=1S/C13H16BrFN6O2S/c1-7(21-24-2)6-16-12-11(19-23-20-12)13(18-22)17-8-3-4-10(15)9(14)5-8/h3-5,7,21-22H,6H2,1-2H3,(H,16,20)(H,17,18). The molecule has 0 aliphatic heterocycles. The van der Waals surface area contributed by atoms with E-state index in [1.807, 2.05) is 18.7 Å². The monoisotopic (exact) mass is 418 g/mol. The summed E-state index contributed by atoms with van der Waals surface area (Å²) in [5, 5.41) is 19.9. The number of rotatable bonds is 7. The number of anilines is 1. The Morgan fingerprint density at radius 2 is 2.29 bits per heavy atom. The molecule has 0 saturated carbocycles. The SMILES string of the molecule is CSNC(C)CNc1nonc1C(=Nc1ccc(F)c(Br)c1)NO. The Morgan fingerprint density at radius 1 is 1.50 bits per heavy atom. The van der Waals surface area contributed by atoms with Crippen LogP contribution in [0.15, 0.2) is 32.3 Å². The molecular formula is C13H16BrFN6O2S. The van der Waals surface area contributed by atoms with Gasteiger partial charge in [-0.25, -0.2) is 14.0 Å². The number of hydroxylamine groups is 1. The fourth-order valence-electron chi connectivity index (χ4n) is 1.77. The number of hydrogen-bond acceptors (Lipinski definition) is 8. The molecule has 1 aromatic heterocycles. The minimum atomic E-state index is -0.409. The lowest BCUT2D eigenvalue weighted by Crippen LogP contribution is -2.29. The van der Waals surface area contributed by atoms with Gasteiger partial charge in [-0.2, -0.15) is 0 Å². The fraction of sp³-hybridized carbons (Fsp3) is 0.308. The topological polar surface area (TPSA) is 108 Å². The van der Waals surface area contributed by atoms with Crippen LogP contribution in [0.2, 0.25) is 0 Å². The molecule has 0 fully saturated rings. The maximum Gasteiger partial charge on any atom is 0.202 e. The second-order valence-corrected chi connectivity index (χ2v) is 6.23. The van der Waals surface area contributed by atoms with Gasteiger partial charge < -0.3 is 5.32 Å². The first-order valence-electron chi connectivity index (χ1n) is 6.84. The van der Waals surface area contributed by atoms with Crippen LogP contribution in [0.3, 0.4) is 0 Å². The first-order valence-corrected chi connectivity index (χ1v) is 8.86. The predicted molar refractivity (Wildman–Crippen MR) is 94.1 cm³/mol. The van der Waals surface area contributed by atoms with Crippen molar-refractivity contribution in [2.75, 3.05) is 18.1 Å². The number of halogens is 2. The van der Waals surface area contributed by atoms with Crippen molar-refractivity contribution in [3.63, 3.8) is 0 Å². The van der Waals surface area contributed by atoms with Crippen molar-refractivity contribution in [2.24, 2.45) is 4.99 Å². The number of amidine groups is 1. The van der Waals surface area contributed by atoms with Crippen LogP contribution < -0.4 is 15.5 Å². The summed E-state index contributed by atoms with van der Waals surface area (Å²) in [5.41, 5.74) is 2.57. The third-order valence-electron chi connectivity index (χ3n) is 2.86. The Labute approximate surface area is 150 Å². The quantitative estimate of drug-likeness (QED) is 0.235. The molecule has 2 rings (SSSR count). The van der Waals surface area contributed by atoms with Crippen molar-refractivity contribution >= 4 is 45.2 Å². The van der Waals surface area contributed by atoms with E-state index in [-0.39, 0.29) is 22.0 Å². The van der Waals surface area contributed by atoms with Crippen molar-refractivity contribution in [3.8, 4) is 0 Å². The van der Waals surface area contributed by atoms with Crippen LogP contribution >= 0.6 is 27.9 Å². The van der Waals surface area contributed by atoms with Gasteiger partial charge >= 0.3 is 0 Å². The summed E-state index contributed by atoms with van der Waals surface area (Å²) in [6.45, 7) is 2.55. The van der Waals surface area contributed by atoms with Crippen molar-refractivity contribution in [1.82, 2.24) is 20.5 Å².